The fourth-order valence-electron chi connectivity index (χ4n) is 2.70. The van der Waals surface area contributed by atoms with E-state index in [9.17, 15) is 4.79 Å². The third-order valence-electron chi connectivity index (χ3n) is 4.21. The van der Waals surface area contributed by atoms with E-state index in [-0.39, 0.29) is 5.91 Å². The molecular formula is C20H21N3OS. The number of nitrogens with zero attached hydrogens (tertiary/aromatic N) is 3. The van der Waals surface area contributed by atoms with Gasteiger partial charge in [0.15, 0.2) is 5.17 Å². The molecule has 1 saturated heterocycles. The summed E-state index contributed by atoms with van der Waals surface area (Å²) in [4.78, 5) is 13.9. The number of hydrogen-bond donors (Lipinski definition) is 0. The van der Waals surface area contributed by atoms with Crippen LogP contribution in [0.2, 0.25) is 0 Å². The van der Waals surface area contributed by atoms with E-state index in [2.05, 4.69) is 49.2 Å². The quantitative estimate of drug-likeness (QED) is 0.615. The summed E-state index contributed by atoms with van der Waals surface area (Å²) in [5, 5.41) is 9.17. The molecule has 1 aliphatic rings. The number of thioether (sulfide) groups is 1. The summed E-state index contributed by atoms with van der Waals surface area (Å²) in [5.74, 6) is 0.498. The molecule has 0 saturated carbocycles. The van der Waals surface area contributed by atoms with Crippen LogP contribution >= 0.6 is 11.8 Å². The van der Waals surface area contributed by atoms with Gasteiger partial charge in [0.05, 0.1) is 18.5 Å². The topological polar surface area (TPSA) is 45.0 Å². The van der Waals surface area contributed by atoms with E-state index in [1.165, 1.54) is 22.9 Å². The second-order valence-corrected chi connectivity index (χ2v) is 7.12. The highest BCUT2D eigenvalue weighted by Gasteiger charge is 2.28. The first-order valence-electron chi connectivity index (χ1n) is 8.20. The Labute approximate surface area is 152 Å². The first-order chi connectivity index (χ1) is 12.0. The molecular weight excluding hydrogens is 330 g/mol. The maximum Gasteiger partial charge on any atom is 0.239 e. The summed E-state index contributed by atoms with van der Waals surface area (Å²) in [6.07, 6.45) is 1.75. The highest BCUT2D eigenvalue weighted by Crippen LogP contribution is 2.23. The third-order valence-corrected chi connectivity index (χ3v) is 5.16. The van der Waals surface area contributed by atoms with Crippen molar-refractivity contribution in [3.8, 4) is 0 Å². The Morgan fingerprint density at radius 1 is 1.12 bits per heavy atom. The average Bonchev–Trinajstić information content (AvgIpc) is 2.92. The summed E-state index contributed by atoms with van der Waals surface area (Å²) in [7, 11) is 0. The van der Waals surface area contributed by atoms with Crippen molar-refractivity contribution in [2.75, 3.05) is 5.75 Å². The van der Waals surface area contributed by atoms with Gasteiger partial charge in [-0.15, -0.1) is 5.10 Å². The van der Waals surface area contributed by atoms with Gasteiger partial charge in [-0.2, -0.15) is 5.10 Å². The van der Waals surface area contributed by atoms with Crippen molar-refractivity contribution in [1.82, 2.24) is 4.90 Å². The second-order valence-electron chi connectivity index (χ2n) is 6.18. The van der Waals surface area contributed by atoms with E-state index >= 15 is 0 Å². The molecule has 4 nitrogen and oxygen atoms in total. The van der Waals surface area contributed by atoms with Gasteiger partial charge < -0.3 is 0 Å². The molecule has 0 aliphatic carbocycles. The van der Waals surface area contributed by atoms with Gasteiger partial charge >= 0.3 is 0 Å². The van der Waals surface area contributed by atoms with Crippen LogP contribution in [0, 0.1) is 20.8 Å². The molecule has 1 fully saturated rings. The van der Waals surface area contributed by atoms with Crippen LogP contribution in [0.5, 0.6) is 0 Å². The number of amides is 1. The maximum atomic E-state index is 12.2. The minimum atomic E-state index is 0.0775. The van der Waals surface area contributed by atoms with E-state index in [4.69, 9.17) is 0 Å². The van der Waals surface area contributed by atoms with Crippen LogP contribution in [0.25, 0.3) is 0 Å². The maximum absolute atomic E-state index is 12.2. The van der Waals surface area contributed by atoms with Crippen molar-refractivity contribution in [3.05, 3.63) is 70.3 Å². The molecule has 0 bridgehead atoms. The van der Waals surface area contributed by atoms with Crippen molar-refractivity contribution in [3.63, 3.8) is 0 Å². The van der Waals surface area contributed by atoms with Gasteiger partial charge in [-0.1, -0.05) is 59.8 Å². The van der Waals surface area contributed by atoms with Gasteiger partial charge in [0.25, 0.3) is 0 Å². The average molecular weight is 351 g/mol. The normalized spacial score (nSPS) is 16.4. The smallest absolute Gasteiger partial charge is 0.239 e. The molecule has 5 heteroatoms. The molecule has 3 rings (SSSR count). The molecule has 2 aromatic carbocycles. The fraction of sp³-hybridized carbons (Fsp3) is 0.250. The molecule has 0 atom stereocenters. The largest absolute Gasteiger partial charge is 0.285 e. The SMILES string of the molecule is Cc1ccc(C=NN=C2SCC(=O)N2Cc2ccccc2C)c(C)c1. The summed E-state index contributed by atoms with van der Waals surface area (Å²) < 4.78 is 0. The van der Waals surface area contributed by atoms with Gasteiger partial charge in [0.2, 0.25) is 5.91 Å². The summed E-state index contributed by atoms with van der Waals surface area (Å²) in [6, 6.07) is 14.3. The van der Waals surface area contributed by atoms with Crippen molar-refractivity contribution >= 4 is 29.1 Å². The summed E-state index contributed by atoms with van der Waals surface area (Å²) in [5.41, 5.74) is 5.72. The van der Waals surface area contributed by atoms with Crippen LogP contribution in [-0.2, 0) is 11.3 Å². The van der Waals surface area contributed by atoms with Crippen molar-refractivity contribution in [1.29, 1.82) is 0 Å². The van der Waals surface area contributed by atoms with Gasteiger partial charge in [0.1, 0.15) is 0 Å². The summed E-state index contributed by atoms with van der Waals surface area (Å²) in [6.45, 7) is 6.72. The van der Waals surface area contributed by atoms with E-state index in [1.807, 2.05) is 24.3 Å². The van der Waals surface area contributed by atoms with Crippen molar-refractivity contribution in [2.24, 2.45) is 10.2 Å². The number of aryl methyl sites for hydroxylation is 3. The minimum absolute atomic E-state index is 0.0775. The highest BCUT2D eigenvalue weighted by atomic mass is 32.2. The number of carbonyl (C=O) groups excluding carboxylic acids is 1. The molecule has 25 heavy (non-hydrogen) atoms. The van der Waals surface area contributed by atoms with Crippen LogP contribution in [-0.4, -0.2) is 27.9 Å². The molecule has 1 amide bonds. The highest BCUT2D eigenvalue weighted by molar-refractivity contribution is 8.15. The standard InChI is InChI=1S/C20H21N3OS/c1-14-8-9-17(16(3)10-14)11-21-22-20-23(19(24)13-25-20)12-18-7-5-4-6-15(18)2/h4-11H,12-13H2,1-3H3. The molecule has 0 aromatic heterocycles. The Balaban J connectivity index is 1.78. The Morgan fingerprint density at radius 2 is 1.92 bits per heavy atom. The van der Waals surface area contributed by atoms with E-state index in [0.29, 0.717) is 17.5 Å². The number of amidine groups is 1. The zero-order valence-electron chi connectivity index (χ0n) is 14.7. The number of hydrogen-bond acceptors (Lipinski definition) is 4. The Kier molecular flexibility index (Phi) is 5.34. The Hall–Kier alpha value is -2.40. The lowest BCUT2D eigenvalue weighted by Gasteiger charge is -2.16. The third kappa shape index (κ3) is 4.17. The molecule has 0 spiro atoms. The molecule has 0 unspecified atom stereocenters. The van der Waals surface area contributed by atoms with E-state index in [1.54, 1.807) is 11.1 Å². The Bertz CT molecular complexity index is 858. The molecule has 2 aromatic rings. The van der Waals surface area contributed by atoms with Crippen LogP contribution in [0.1, 0.15) is 27.8 Å². The number of benzene rings is 2. The second kappa shape index (κ2) is 7.66. The number of rotatable bonds is 4. The lowest BCUT2D eigenvalue weighted by atomic mass is 10.1. The summed E-state index contributed by atoms with van der Waals surface area (Å²) >= 11 is 1.44. The van der Waals surface area contributed by atoms with Crippen LogP contribution in [0.4, 0.5) is 0 Å². The van der Waals surface area contributed by atoms with Crippen LogP contribution < -0.4 is 0 Å². The zero-order valence-corrected chi connectivity index (χ0v) is 15.5. The van der Waals surface area contributed by atoms with Gasteiger partial charge in [0, 0.05) is 0 Å². The number of carbonyl (C=O) groups is 1. The van der Waals surface area contributed by atoms with Crippen LogP contribution in [0.15, 0.2) is 52.7 Å². The Morgan fingerprint density at radius 3 is 2.68 bits per heavy atom. The van der Waals surface area contributed by atoms with Crippen LogP contribution in [0.3, 0.4) is 0 Å². The van der Waals surface area contributed by atoms with E-state index in [0.717, 1.165) is 16.7 Å². The monoisotopic (exact) mass is 351 g/mol. The molecule has 1 heterocycles. The lowest BCUT2D eigenvalue weighted by Crippen LogP contribution is -2.29. The van der Waals surface area contributed by atoms with Gasteiger partial charge in [-0.3, -0.25) is 9.69 Å². The minimum Gasteiger partial charge on any atom is -0.285 e. The van der Waals surface area contributed by atoms with Gasteiger partial charge in [-0.25, -0.2) is 0 Å². The van der Waals surface area contributed by atoms with Crippen molar-refractivity contribution in [2.45, 2.75) is 27.3 Å². The lowest BCUT2D eigenvalue weighted by molar-refractivity contribution is -0.124. The van der Waals surface area contributed by atoms with Gasteiger partial charge in [-0.05, 0) is 43.0 Å². The van der Waals surface area contributed by atoms with E-state index < -0.39 is 0 Å². The molecule has 0 radical (unpaired) electrons. The van der Waals surface area contributed by atoms with Crippen molar-refractivity contribution < 1.29 is 4.79 Å². The first-order valence-corrected chi connectivity index (χ1v) is 9.19. The first kappa shape index (κ1) is 17.4. The predicted octanol–water partition coefficient (Wildman–Crippen LogP) is 4.08. The fourth-order valence-corrected chi connectivity index (χ4v) is 3.53. The molecule has 1 aliphatic heterocycles. The zero-order chi connectivity index (χ0) is 17.8. The predicted molar refractivity (Wildman–Crippen MR) is 105 cm³/mol. The molecule has 0 N–H and O–H groups in total. The molecule has 128 valence electrons.